The van der Waals surface area contributed by atoms with Crippen LogP contribution < -0.4 is 19.2 Å². The van der Waals surface area contributed by atoms with Crippen LogP contribution in [0.2, 0.25) is 0 Å². The Bertz CT molecular complexity index is 1370. The molecule has 36 heavy (non-hydrogen) atoms. The van der Waals surface area contributed by atoms with Gasteiger partial charge in [-0.15, -0.1) is 0 Å². The first kappa shape index (κ1) is 25.9. The topological polar surface area (TPSA) is 124 Å². The molecule has 0 saturated carbocycles. The van der Waals surface area contributed by atoms with Crippen LogP contribution in [0.15, 0.2) is 47.6 Å². The normalized spacial score (nSPS) is 15.2. The number of ether oxygens (including phenoxy) is 2. The van der Waals surface area contributed by atoms with Crippen molar-refractivity contribution < 1.29 is 27.2 Å². The van der Waals surface area contributed by atoms with Crippen molar-refractivity contribution in [2.75, 3.05) is 31.7 Å². The van der Waals surface area contributed by atoms with Gasteiger partial charge in [0.1, 0.15) is 17.8 Å². The molecule has 2 heterocycles. The third-order valence-electron chi connectivity index (χ3n) is 5.61. The molecule has 10 nitrogen and oxygen atoms in total. The number of rotatable bonds is 8. The van der Waals surface area contributed by atoms with Crippen molar-refractivity contribution in [3.8, 4) is 17.6 Å². The smallest absolute Gasteiger partial charge is 0.495 e. The summed E-state index contributed by atoms with van der Waals surface area (Å²) in [5.41, 5.74) is 1.09. The molecule has 188 valence electrons. The van der Waals surface area contributed by atoms with E-state index in [0.29, 0.717) is 35.7 Å². The summed E-state index contributed by atoms with van der Waals surface area (Å²) < 4.78 is 55.1. The number of nitriles is 1. The van der Waals surface area contributed by atoms with Crippen molar-refractivity contribution in [1.82, 2.24) is 9.36 Å². The van der Waals surface area contributed by atoms with E-state index in [1.54, 1.807) is 24.3 Å². The molecule has 1 saturated heterocycles. The van der Waals surface area contributed by atoms with Gasteiger partial charge in [-0.1, -0.05) is 19.9 Å². The molecule has 1 aliphatic heterocycles. The van der Waals surface area contributed by atoms with Crippen molar-refractivity contribution in [1.29, 1.82) is 5.26 Å². The predicted octanol–water partition coefficient (Wildman–Crippen LogP) is 2.59. The number of aromatic nitrogens is 2. The minimum atomic E-state index is -4.14. The van der Waals surface area contributed by atoms with Crippen LogP contribution >= 0.6 is 11.5 Å². The third kappa shape index (κ3) is 5.32. The molecule has 1 fully saturated rings. The van der Waals surface area contributed by atoms with Gasteiger partial charge in [-0.2, -0.15) is 9.64 Å². The minimum Gasteiger partial charge on any atom is -0.497 e. The lowest BCUT2D eigenvalue weighted by Crippen LogP contribution is -2.48. The largest absolute Gasteiger partial charge is 0.497 e. The van der Waals surface area contributed by atoms with Gasteiger partial charge in [0.25, 0.3) is 10.0 Å². The Balaban J connectivity index is 1.70. The molecule has 0 aliphatic carbocycles. The standard InChI is InChI=1S/C23H25BN4O6S2/c1-23(2)13-33-24(34-14-23)20-8-7-19(9-17(20)11-25)36(29,30)28(22-26-15-27-35-22)12-16-5-6-18(31-3)10-21(16)32-4/h5-10,15H,12-14H2,1-4H3. The van der Waals surface area contributed by atoms with Gasteiger partial charge >= 0.3 is 7.12 Å². The number of nitrogens with zero attached hydrogens (tertiary/aromatic N) is 4. The van der Waals surface area contributed by atoms with Gasteiger partial charge in [-0.3, -0.25) is 0 Å². The van der Waals surface area contributed by atoms with Crippen LogP contribution in [0.3, 0.4) is 0 Å². The van der Waals surface area contributed by atoms with Crippen LogP contribution in [0, 0.1) is 16.7 Å². The fraction of sp³-hybridized carbons (Fsp3) is 0.348. The number of sulfonamides is 1. The van der Waals surface area contributed by atoms with Crippen LogP contribution in [-0.4, -0.2) is 52.3 Å². The van der Waals surface area contributed by atoms with Crippen LogP contribution in [0.1, 0.15) is 25.0 Å². The Morgan fingerprint density at radius 3 is 2.53 bits per heavy atom. The average molecular weight is 528 g/mol. The summed E-state index contributed by atoms with van der Waals surface area (Å²) >= 11 is 0.944. The zero-order valence-electron chi connectivity index (χ0n) is 20.3. The molecule has 3 aromatic rings. The van der Waals surface area contributed by atoms with E-state index in [4.69, 9.17) is 18.8 Å². The van der Waals surface area contributed by atoms with E-state index in [9.17, 15) is 13.7 Å². The van der Waals surface area contributed by atoms with E-state index < -0.39 is 17.1 Å². The van der Waals surface area contributed by atoms with Crippen molar-refractivity contribution in [2.45, 2.75) is 25.3 Å². The molecule has 0 atom stereocenters. The Morgan fingerprint density at radius 2 is 1.92 bits per heavy atom. The van der Waals surface area contributed by atoms with E-state index in [1.165, 1.54) is 32.7 Å². The highest BCUT2D eigenvalue weighted by Crippen LogP contribution is 2.31. The monoisotopic (exact) mass is 528 g/mol. The highest BCUT2D eigenvalue weighted by atomic mass is 32.2. The number of methoxy groups -OCH3 is 2. The molecule has 0 radical (unpaired) electrons. The number of hydrogen-bond acceptors (Lipinski definition) is 10. The first-order valence-corrected chi connectivity index (χ1v) is 13.2. The van der Waals surface area contributed by atoms with Crippen molar-refractivity contribution in [3.63, 3.8) is 0 Å². The zero-order valence-corrected chi connectivity index (χ0v) is 21.9. The second kappa shape index (κ2) is 10.4. The first-order valence-electron chi connectivity index (χ1n) is 11.0. The summed E-state index contributed by atoms with van der Waals surface area (Å²) in [6.45, 7) is 4.88. The van der Waals surface area contributed by atoms with E-state index in [2.05, 4.69) is 15.4 Å². The molecule has 4 rings (SSSR count). The second-order valence-corrected chi connectivity index (χ2v) is 11.5. The molecule has 2 aromatic carbocycles. The maximum atomic E-state index is 13.8. The summed E-state index contributed by atoms with van der Waals surface area (Å²) in [6, 6.07) is 11.5. The molecule has 0 unspecified atom stereocenters. The van der Waals surface area contributed by atoms with Gasteiger partial charge in [0, 0.05) is 47.3 Å². The predicted molar refractivity (Wildman–Crippen MR) is 135 cm³/mol. The molecule has 1 aliphatic rings. The van der Waals surface area contributed by atoms with Crippen LogP contribution in [-0.2, 0) is 25.9 Å². The quantitative estimate of drug-likeness (QED) is 0.406. The Hall–Kier alpha value is -3.18. The highest BCUT2D eigenvalue weighted by molar-refractivity contribution is 7.93. The summed E-state index contributed by atoms with van der Waals surface area (Å²) in [5.74, 6) is 1.03. The fourth-order valence-corrected chi connectivity index (χ4v) is 5.82. The fourth-order valence-electron chi connectivity index (χ4n) is 3.67. The Morgan fingerprint density at radius 1 is 1.17 bits per heavy atom. The third-order valence-corrected chi connectivity index (χ3v) is 8.15. The molecule has 0 spiro atoms. The summed E-state index contributed by atoms with van der Waals surface area (Å²) in [5, 5.41) is 9.98. The molecular formula is C23H25BN4O6S2. The lowest BCUT2D eigenvalue weighted by Gasteiger charge is -2.33. The maximum absolute atomic E-state index is 13.8. The maximum Gasteiger partial charge on any atom is 0.495 e. The molecule has 0 amide bonds. The van der Waals surface area contributed by atoms with Gasteiger partial charge in [0.05, 0.1) is 37.3 Å². The molecular weight excluding hydrogens is 503 g/mol. The molecule has 0 N–H and O–H groups in total. The van der Waals surface area contributed by atoms with Gasteiger partial charge in [0.2, 0.25) is 5.13 Å². The number of anilines is 1. The molecule has 0 bridgehead atoms. The van der Waals surface area contributed by atoms with E-state index in [0.717, 1.165) is 15.8 Å². The van der Waals surface area contributed by atoms with E-state index >= 15 is 0 Å². The second-order valence-electron chi connectivity index (χ2n) is 8.89. The highest BCUT2D eigenvalue weighted by Gasteiger charge is 2.36. The summed E-state index contributed by atoms with van der Waals surface area (Å²) in [6.07, 6.45) is 1.29. The molecule has 13 heteroatoms. The van der Waals surface area contributed by atoms with Gasteiger partial charge in [-0.25, -0.2) is 17.7 Å². The van der Waals surface area contributed by atoms with E-state index in [1.807, 2.05) is 13.8 Å². The minimum absolute atomic E-state index is 0.0679. The van der Waals surface area contributed by atoms with Crippen molar-refractivity contribution >= 4 is 39.3 Å². The lowest BCUT2D eigenvalue weighted by molar-refractivity contribution is 0.0343. The van der Waals surface area contributed by atoms with E-state index in [-0.39, 0.29) is 27.6 Å². The summed E-state index contributed by atoms with van der Waals surface area (Å²) in [7, 11) is -1.85. The molecule has 1 aromatic heterocycles. The van der Waals surface area contributed by atoms with Gasteiger partial charge < -0.3 is 18.8 Å². The lowest BCUT2D eigenvalue weighted by atomic mass is 9.73. The van der Waals surface area contributed by atoms with Crippen LogP contribution in [0.25, 0.3) is 0 Å². The average Bonchev–Trinajstić information content (AvgIpc) is 3.41. The Kier molecular flexibility index (Phi) is 7.51. The summed E-state index contributed by atoms with van der Waals surface area (Å²) in [4.78, 5) is 4.06. The first-order chi connectivity index (χ1) is 17.2. The van der Waals surface area contributed by atoms with Crippen molar-refractivity contribution in [3.05, 3.63) is 53.9 Å². The zero-order chi connectivity index (χ0) is 25.9. The van der Waals surface area contributed by atoms with Gasteiger partial charge in [0.15, 0.2) is 0 Å². The Labute approximate surface area is 214 Å². The number of hydrogen-bond donors (Lipinski definition) is 0. The van der Waals surface area contributed by atoms with Gasteiger partial charge in [-0.05, 0) is 24.3 Å². The van der Waals surface area contributed by atoms with Crippen molar-refractivity contribution in [2.24, 2.45) is 5.41 Å². The SMILES string of the molecule is COc1ccc(CN(c2ncns2)S(=O)(=O)c2ccc(B3OCC(C)(C)CO3)c(C#N)c2)c(OC)c1. The van der Waals surface area contributed by atoms with Crippen LogP contribution in [0.5, 0.6) is 11.5 Å². The van der Waals surface area contributed by atoms with Crippen LogP contribution in [0.4, 0.5) is 5.13 Å². The number of benzene rings is 2.